The molecule has 0 spiro atoms. The van der Waals surface area contributed by atoms with Gasteiger partial charge in [-0.3, -0.25) is 0 Å². The highest BCUT2D eigenvalue weighted by molar-refractivity contribution is 6.30. The van der Waals surface area contributed by atoms with Gasteiger partial charge < -0.3 is 5.11 Å². The number of hydrogen-bond donors (Lipinski definition) is 1. The van der Waals surface area contributed by atoms with Gasteiger partial charge in [-0.05, 0) is 43.9 Å². The summed E-state index contributed by atoms with van der Waals surface area (Å²) in [5.74, 6) is 0.211. The fourth-order valence-corrected chi connectivity index (χ4v) is 2.41. The molecule has 1 nitrogen and oxygen atoms in total. The van der Waals surface area contributed by atoms with Crippen molar-refractivity contribution < 1.29 is 5.11 Å². The zero-order chi connectivity index (χ0) is 11.6. The summed E-state index contributed by atoms with van der Waals surface area (Å²) in [5.41, 5.74) is 0.148. The number of aliphatic hydroxyl groups is 1. The molecule has 0 saturated carbocycles. The van der Waals surface area contributed by atoms with E-state index in [1.54, 1.807) is 0 Å². The van der Waals surface area contributed by atoms with Crippen LogP contribution in [-0.4, -0.2) is 5.11 Å². The van der Waals surface area contributed by atoms with Crippen LogP contribution in [0.1, 0.15) is 31.7 Å². The fourth-order valence-electron chi connectivity index (χ4n) is 2.28. The van der Waals surface area contributed by atoms with Gasteiger partial charge in [0.25, 0.3) is 0 Å². The third kappa shape index (κ3) is 2.31. The van der Waals surface area contributed by atoms with E-state index in [1.165, 1.54) is 0 Å². The Bertz CT molecular complexity index is 378. The Balaban J connectivity index is 2.26. The molecule has 86 valence electrons. The van der Waals surface area contributed by atoms with E-state index >= 15 is 0 Å². The lowest BCUT2D eigenvalue weighted by atomic mass is 9.78. The van der Waals surface area contributed by atoms with E-state index < -0.39 is 5.60 Å². The number of hydrogen-bond acceptors (Lipinski definition) is 1. The van der Waals surface area contributed by atoms with E-state index in [4.69, 9.17) is 11.6 Å². The standard InChI is InChI=1S/C14H17ClO/c1-14(16,11-5-3-2-4-6-11)12-7-9-13(15)10-8-12/h3,5,7-11,16H,2,4,6H2,1H3/t11-,14-/m0/s1. The monoisotopic (exact) mass is 236 g/mol. The van der Waals surface area contributed by atoms with Crippen LogP contribution in [0.4, 0.5) is 0 Å². The maximum atomic E-state index is 10.6. The van der Waals surface area contributed by atoms with Crippen LogP contribution in [0.2, 0.25) is 5.02 Å². The predicted octanol–water partition coefficient (Wildman–Crippen LogP) is 3.90. The zero-order valence-electron chi connectivity index (χ0n) is 9.49. The van der Waals surface area contributed by atoms with Crippen LogP contribution in [0.25, 0.3) is 0 Å². The van der Waals surface area contributed by atoms with E-state index in [1.807, 2.05) is 31.2 Å². The molecule has 0 amide bonds. The Morgan fingerprint density at radius 3 is 2.56 bits per heavy atom. The van der Waals surface area contributed by atoms with Crippen LogP contribution in [0, 0.1) is 5.92 Å². The van der Waals surface area contributed by atoms with Crippen LogP contribution in [-0.2, 0) is 5.60 Å². The first-order valence-corrected chi connectivity index (χ1v) is 6.13. The van der Waals surface area contributed by atoms with E-state index in [-0.39, 0.29) is 5.92 Å². The zero-order valence-corrected chi connectivity index (χ0v) is 10.2. The molecular formula is C14H17ClO. The number of rotatable bonds is 2. The molecule has 1 aliphatic rings. The first-order valence-electron chi connectivity index (χ1n) is 5.76. The largest absolute Gasteiger partial charge is 0.385 e. The Labute approximate surface area is 102 Å². The van der Waals surface area contributed by atoms with Gasteiger partial charge in [0.2, 0.25) is 0 Å². The summed E-state index contributed by atoms with van der Waals surface area (Å²) in [5, 5.41) is 11.3. The molecular weight excluding hydrogens is 220 g/mol. The molecule has 1 aromatic carbocycles. The smallest absolute Gasteiger partial charge is 0.0930 e. The van der Waals surface area contributed by atoms with E-state index in [9.17, 15) is 5.11 Å². The highest BCUT2D eigenvalue weighted by atomic mass is 35.5. The minimum absolute atomic E-state index is 0.211. The molecule has 0 fully saturated rings. The summed E-state index contributed by atoms with van der Waals surface area (Å²) in [7, 11) is 0. The fraction of sp³-hybridized carbons (Fsp3) is 0.429. The first kappa shape index (κ1) is 11.7. The summed E-state index contributed by atoms with van der Waals surface area (Å²) in [4.78, 5) is 0. The second-order valence-electron chi connectivity index (χ2n) is 4.62. The van der Waals surface area contributed by atoms with Gasteiger partial charge in [-0.2, -0.15) is 0 Å². The van der Waals surface area contributed by atoms with Gasteiger partial charge in [0, 0.05) is 10.9 Å². The van der Waals surface area contributed by atoms with Crippen molar-refractivity contribution in [3.05, 3.63) is 47.0 Å². The minimum Gasteiger partial charge on any atom is -0.385 e. The van der Waals surface area contributed by atoms with E-state index in [0.717, 1.165) is 24.8 Å². The molecule has 16 heavy (non-hydrogen) atoms. The molecule has 0 saturated heterocycles. The van der Waals surface area contributed by atoms with Crippen LogP contribution >= 0.6 is 11.6 Å². The lowest BCUT2D eigenvalue weighted by molar-refractivity contribution is 0.00801. The van der Waals surface area contributed by atoms with Crippen LogP contribution in [0.15, 0.2) is 36.4 Å². The Hall–Kier alpha value is -0.790. The molecule has 1 N–H and O–H groups in total. The van der Waals surface area contributed by atoms with Crippen molar-refractivity contribution in [3.8, 4) is 0 Å². The summed E-state index contributed by atoms with van der Waals surface area (Å²) in [6.45, 7) is 1.89. The molecule has 0 heterocycles. The van der Waals surface area contributed by atoms with Gasteiger partial charge >= 0.3 is 0 Å². The summed E-state index contributed by atoms with van der Waals surface area (Å²) in [6, 6.07) is 7.48. The van der Waals surface area contributed by atoms with Crippen molar-refractivity contribution in [2.24, 2.45) is 5.92 Å². The maximum Gasteiger partial charge on any atom is 0.0930 e. The summed E-state index contributed by atoms with van der Waals surface area (Å²) < 4.78 is 0. The molecule has 0 unspecified atom stereocenters. The maximum absolute atomic E-state index is 10.6. The average Bonchev–Trinajstić information content (AvgIpc) is 2.31. The van der Waals surface area contributed by atoms with Crippen molar-refractivity contribution in [1.82, 2.24) is 0 Å². The minimum atomic E-state index is -0.790. The van der Waals surface area contributed by atoms with Gasteiger partial charge in [0.1, 0.15) is 0 Å². The first-order chi connectivity index (χ1) is 7.60. The molecule has 1 aromatic rings. The van der Waals surface area contributed by atoms with Gasteiger partial charge in [0.05, 0.1) is 5.60 Å². The average molecular weight is 237 g/mol. The second kappa shape index (κ2) is 4.60. The van der Waals surface area contributed by atoms with E-state index in [2.05, 4.69) is 12.2 Å². The molecule has 2 atom stereocenters. The van der Waals surface area contributed by atoms with Crippen molar-refractivity contribution in [1.29, 1.82) is 0 Å². The number of benzene rings is 1. The van der Waals surface area contributed by atoms with Crippen LogP contribution in [0.3, 0.4) is 0 Å². The Morgan fingerprint density at radius 1 is 1.31 bits per heavy atom. The molecule has 0 radical (unpaired) electrons. The van der Waals surface area contributed by atoms with Gasteiger partial charge in [-0.1, -0.05) is 35.9 Å². The lowest BCUT2D eigenvalue weighted by Crippen LogP contribution is -2.31. The summed E-state index contributed by atoms with van der Waals surface area (Å²) >= 11 is 5.85. The highest BCUT2D eigenvalue weighted by Crippen LogP contribution is 2.36. The molecule has 0 bridgehead atoms. The van der Waals surface area contributed by atoms with Gasteiger partial charge in [0.15, 0.2) is 0 Å². The topological polar surface area (TPSA) is 20.2 Å². The molecule has 2 heteroatoms. The lowest BCUT2D eigenvalue weighted by Gasteiger charge is -2.33. The third-order valence-corrected chi connectivity index (χ3v) is 3.66. The van der Waals surface area contributed by atoms with Crippen molar-refractivity contribution >= 4 is 11.6 Å². The number of halogens is 1. The quantitative estimate of drug-likeness (QED) is 0.773. The van der Waals surface area contributed by atoms with Gasteiger partial charge in [-0.15, -0.1) is 0 Å². The Morgan fingerprint density at radius 2 is 2.00 bits per heavy atom. The number of allylic oxidation sites excluding steroid dienone is 1. The Kier molecular flexibility index (Phi) is 3.36. The molecule has 0 aromatic heterocycles. The SMILES string of the molecule is C[C@@](O)(c1ccc(Cl)cc1)[C@H]1C=CCCC1. The highest BCUT2D eigenvalue weighted by Gasteiger charge is 2.32. The van der Waals surface area contributed by atoms with Gasteiger partial charge in [-0.25, -0.2) is 0 Å². The van der Waals surface area contributed by atoms with Crippen molar-refractivity contribution in [2.45, 2.75) is 31.8 Å². The van der Waals surface area contributed by atoms with Crippen molar-refractivity contribution in [3.63, 3.8) is 0 Å². The van der Waals surface area contributed by atoms with E-state index in [0.29, 0.717) is 5.02 Å². The molecule has 1 aliphatic carbocycles. The van der Waals surface area contributed by atoms with Crippen molar-refractivity contribution in [2.75, 3.05) is 0 Å². The normalized spacial score (nSPS) is 24.1. The summed E-state index contributed by atoms with van der Waals surface area (Å²) in [6.07, 6.45) is 7.64. The molecule has 0 aliphatic heterocycles. The third-order valence-electron chi connectivity index (χ3n) is 3.40. The van der Waals surface area contributed by atoms with Crippen LogP contribution < -0.4 is 0 Å². The van der Waals surface area contributed by atoms with Crippen LogP contribution in [0.5, 0.6) is 0 Å². The predicted molar refractivity (Wildman–Crippen MR) is 67.5 cm³/mol. The molecule has 2 rings (SSSR count). The second-order valence-corrected chi connectivity index (χ2v) is 5.06.